The van der Waals surface area contributed by atoms with E-state index in [4.69, 9.17) is 21.5 Å². The van der Waals surface area contributed by atoms with Gasteiger partial charge in [0.05, 0.1) is 10.2 Å². The van der Waals surface area contributed by atoms with Gasteiger partial charge in [-0.2, -0.15) is 13.2 Å². The minimum absolute atomic E-state index is 0.418. The Balaban J connectivity index is 0.000000406. The molecule has 1 aromatic carbocycles. The molecule has 34 heavy (non-hydrogen) atoms. The first-order valence-corrected chi connectivity index (χ1v) is 11.5. The topological polar surface area (TPSA) is 65.5 Å². The van der Waals surface area contributed by atoms with Crippen LogP contribution >= 0.6 is 22.9 Å². The summed E-state index contributed by atoms with van der Waals surface area (Å²) in [7, 11) is 0. The Kier molecular flexibility index (Phi) is 8.80. The van der Waals surface area contributed by atoms with E-state index in [1.165, 1.54) is 12.1 Å². The quantitative estimate of drug-likeness (QED) is 0.337. The van der Waals surface area contributed by atoms with Crippen LogP contribution in [0.25, 0.3) is 10.2 Å². The van der Waals surface area contributed by atoms with Gasteiger partial charge in [-0.3, -0.25) is 4.90 Å². The molecule has 0 radical (unpaired) electrons. The second-order valence-corrected chi connectivity index (χ2v) is 9.03. The Hall–Kier alpha value is -2.34. The van der Waals surface area contributed by atoms with Gasteiger partial charge in [-0.05, 0) is 61.1 Å². The zero-order valence-electron chi connectivity index (χ0n) is 17.7. The van der Waals surface area contributed by atoms with Gasteiger partial charge in [-0.25, -0.2) is 18.6 Å². The SMILES string of the molecule is Fc1ccc(CN2CCC(NCc3cc4sccc4nc3Cl)CC2)cc1F.O=C(O)C(F)(F)F. The molecule has 1 aliphatic rings. The van der Waals surface area contributed by atoms with Crippen LogP contribution in [0.5, 0.6) is 0 Å². The number of pyridine rings is 1. The number of carbonyl (C=O) groups is 1. The van der Waals surface area contributed by atoms with E-state index in [9.17, 15) is 22.0 Å². The largest absolute Gasteiger partial charge is 0.490 e. The molecular weight excluding hydrogens is 501 g/mol. The second-order valence-electron chi connectivity index (χ2n) is 7.72. The fourth-order valence-corrected chi connectivity index (χ4v) is 4.48. The van der Waals surface area contributed by atoms with Crippen molar-refractivity contribution in [2.45, 2.75) is 38.1 Å². The minimum atomic E-state index is -5.08. The van der Waals surface area contributed by atoms with Gasteiger partial charge >= 0.3 is 12.1 Å². The van der Waals surface area contributed by atoms with Crippen molar-refractivity contribution >= 4 is 39.1 Å². The predicted molar refractivity (Wildman–Crippen MR) is 120 cm³/mol. The lowest BCUT2D eigenvalue weighted by molar-refractivity contribution is -0.192. The zero-order chi connectivity index (χ0) is 24.9. The third-order valence-electron chi connectivity index (χ3n) is 5.26. The fraction of sp³-hybridized carbons (Fsp3) is 0.364. The molecule has 3 heterocycles. The number of carboxylic acids is 1. The molecule has 0 aliphatic carbocycles. The third-order valence-corrected chi connectivity index (χ3v) is 6.44. The van der Waals surface area contributed by atoms with Crippen molar-refractivity contribution in [1.82, 2.24) is 15.2 Å². The summed E-state index contributed by atoms with van der Waals surface area (Å²) in [5.41, 5.74) is 2.78. The van der Waals surface area contributed by atoms with Gasteiger partial charge in [-0.15, -0.1) is 11.3 Å². The van der Waals surface area contributed by atoms with Crippen molar-refractivity contribution in [2.75, 3.05) is 13.1 Å². The van der Waals surface area contributed by atoms with Crippen LogP contribution in [-0.4, -0.2) is 46.3 Å². The molecule has 184 valence electrons. The minimum Gasteiger partial charge on any atom is -0.475 e. The molecule has 5 nitrogen and oxygen atoms in total. The normalized spacial score (nSPS) is 15.2. The van der Waals surface area contributed by atoms with Crippen molar-refractivity contribution in [3.8, 4) is 0 Å². The summed E-state index contributed by atoms with van der Waals surface area (Å²) in [6.07, 6.45) is -3.06. The van der Waals surface area contributed by atoms with Gasteiger partial charge in [0, 0.05) is 24.7 Å². The van der Waals surface area contributed by atoms with Crippen LogP contribution in [0.4, 0.5) is 22.0 Å². The molecule has 2 N–H and O–H groups in total. The van der Waals surface area contributed by atoms with Crippen molar-refractivity contribution in [3.63, 3.8) is 0 Å². The predicted octanol–water partition coefficient (Wildman–Crippen LogP) is 5.62. The molecule has 2 aromatic heterocycles. The van der Waals surface area contributed by atoms with Crippen molar-refractivity contribution in [2.24, 2.45) is 0 Å². The van der Waals surface area contributed by atoms with Gasteiger partial charge in [0.2, 0.25) is 0 Å². The Morgan fingerprint density at radius 2 is 1.85 bits per heavy atom. The summed E-state index contributed by atoms with van der Waals surface area (Å²) >= 11 is 7.97. The van der Waals surface area contributed by atoms with Crippen molar-refractivity contribution in [1.29, 1.82) is 0 Å². The van der Waals surface area contributed by atoms with E-state index in [1.54, 1.807) is 17.4 Å². The Labute approximate surface area is 201 Å². The number of piperidine rings is 1. The fourth-order valence-electron chi connectivity index (χ4n) is 3.48. The lowest BCUT2D eigenvalue weighted by Gasteiger charge is -2.32. The molecule has 0 amide bonds. The summed E-state index contributed by atoms with van der Waals surface area (Å²) in [5.74, 6) is -4.33. The lowest BCUT2D eigenvalue weighted by atomic mass is 10.0. The molecule has 12 heteroatoms. The molecule has 3 aromatic rings. The molecule has 0 unspecified atom stereocenters. The average Bonchev–Trinajstić information content (AvgIpc) is 3.22. The van der Waals surface area contributed by atoms with E-state index in [0.717, 1.165) is 47.3 Å². The lowest BCUT2D eigenvalue weighted by Crippen LogP contribution is -2.41. The summed E-state index contributed by atoms with van der Waals surface area (Å²) in [6.45, 7) is 3.20. The summed E-state index contributed by atoms with van der Waals surface area (Å²) in [4.78, 5) is 15.6. The maximum Gasteiger partial charge on any atom is 0.490 e. The highest BCUT2D eigenvalue weighted by Gasteiger charge is 2.38. The zero-order valence-corrected chi connectivity index (χ0v) is 19.3. The first-order valence-electron chi connectivity index (χ1n) is 10.3. The van der Waals surface area contributed by atoms with Gasteiger partial charge in [-0.1, -0.05) is 17.7 Å². The van der Waals surface area contributed by atoms with Gasteiger partial charge < -0.3 is 10.4 Å². The number of rotatable bonds is 5. The van der Waals surface area contributed by atoms with Crippen LogP contribution in [0.1, 0.15) is 24.0 Å². The molecule has 0 atom stereocenters. The van der Waals surface area contributed by atoms with Gasteiger partial charge in [0.25, 0.3) is 0 Å². The van der Waals surface area contributed by atoms with Crippen LogP contribution in [0, 0.1) is 11.6 Å². The summed E-state index contributed by atoms with van der Waals surface area (Å²) < 4.78 is 59.3. The highest BCUT2D eigenvalue weighted by molar-refractivity contribution is 7.17. The number of hydrogen-bond acceptors (Lipinski definition) is 5. The number of halogens is 6. The molecular formula is C22H21ClF5N3O2S. The number of benzene rings is 1. The second kappa shape index (κ2) is 11.4. The number of fused-ring (bicyclic) bond motifs is 1. The molecule has 0 bridgehead atoms. The number of carboxylic acid groups (broad SMARTS) is 1. The summed E-state index contributed by atoms with van der Waals surface area (Å²) in [6, 6.07) is 8.64. The Bertz CT molecular complexity index is 1130. The van der Waals surface area contributed by atoms with Crippen LogP contribution in [0.15, 0.2) is 35.7 Å². The molecule has 0 saturated carbocycles. The number of nitrogens with one attached hydrogen (secondary N) is 1. The highest BCUT2D eigenvalue weighted by atomic mass is 35.5. The van der Waals surface area contributed by atoms with Crippen molar-refractivity contribution < 1.29 is 31.9 Å². The van der Waals surface area contributed by atoms with E-state index in [1.807, 2.05) is 11.4 Å². The average molecular weight is 522 g/mol. The summed E-state index contributed by atoms with van der Waals surface area (Å²) in [5, 5.41) is 13.3. The van der Waals surface area contributed by atoms with E-state index >= 15 is 0 Å². The van der Waals surface area contributed by atoms with Crippen LogP contribution in [0.3, 0.4) is 0 Å². The standard InChI is InChI=1S/C20H20ClF2N3S.C2HF3O2/c21-20-14(10-19-18(25-20)5-8-27-19)11-24-15-3-6-26(7-4-15)12-13-1-2-16(22)17(23)9-13;3-2(4,5)1(6)7/h1-2,5,8-10,15,24H,3-4,6-7,11-12H2;(H,6,7). The van der Waals surface area contributed by atoms with Crippen LogP contribution < -0.4 is 5.32 Å². The first kappa shape index (κ1) is 26.3. The van der Waals surface area contributed by atoms with Crippen LogP contribution in [-0.2, 0) is 17.9 Å². The molecule has 4 rings (SSSR count). The number of thiophene rings is 1. The number of aromatic nitrogens is 1. The number of likely N-dealkylation sites (tertiary alicyclic amines) is 1. The maximum absolute atomic E-state index is 13.3. The highest BCUT2D eigenvalue weighted by Crippen LogP contribution is 2.25. The monoisotopic (exact) mass is 521 g/mol. The van der Waals surface area contributed by atoms with Gasteiger partial charge in [0.1, 0.15) is 5.15 Å². The number of aliphatic carboxylic acids is 1. The van der Waals surface area contributed by atoms with E-state index in [2.05, 4.69) is 21.3 Å². The number of hydrogen-bond donors (Lipinski definition) is 2. The smallest absolute Gasteiger partial charge is 0.475 e. The molecule has 1 fully saturated rings. The van der Waals surface area contributed by atoms with Crippen LogP contribution in [0.2, 0.25) is 5.15 Å². The Morgan fingerprint density at radius 1 is 1.18 bits per heavy atom. The number of alkyl halides is 3. The molecule has 1 saturated heterocycles. The number of nitrogens with zero attached hydrogens (tertiary/aromatic N) is 2. The first-order chi connectivity index (χ1) is 16.0. The van der Waals surface area contributed by atoms with E-state index < -0.39 is 23.8 Å². The van der Waals surface area contributed by atoms with E-state index in [0.29, 0.717) is 24.3 Å². The maximum atomic E-state index is 13.3. The third kappa shape index (κ3) is 7.33. The van der Waals surface area contributed by atoms with Gasteiger partial charge in [0.15, 0.2) is 11.6 Å². The van der Waals surface area contributed by atoms with Crippen molar-refractivity contribution in [3.05, 3.63) is 63.6 Å². The van der Waals surface area contributed by atoms with E-state index in [-0.39, 0.29) is 0 Å². The molecule has 0 spiro atoms. The Morgan fingerprint density at radius 3 is 2.47 bits per heavy atom. The molecule has 1 aliphatic heterocycles.